The molecule has 8 heteroatoms. The summed E-state index contributed by atoms with van der Waals surface area (Å²) in [6.45, 7) is 1.39. The molecule has 108 valence electrons. The maximum absolute atomic E-state index is 11.3. The van der Waals surface area contributed by atoms with Gasteiger partial charge in [0.2, 0.25) is 0 Å². The zero-order valence-electron chi connectivity index (χ0n) is 11.1. The fraction of sp³-hybridized carbons (Fsp3) is 0.333. The van der Waals surface area contributed by atoms with E-state index in [1.807, 2.05) is 0 Å². The van der Waals surface area contributed by atoms with Crippen molar-refractivity contribution in [1.82, 2.24) is 0 Å². The minimum atomic E-state index is -1.01. The van der Waals surface area contributed by atoms with Crippen molar-refractivity contribution in [2.45, 2.75) is 13.0 Å². The molecule has 8 nitrogen and oxygen atoms in total. The fourth-order valence-electron chi connectivity index (χ4n) is 1.41. The molecule has 0 amide bonds. The third-order valence-electron chi connectivity index (χ3n) is 2.41. The predicted molar refractivity (Wildman–Crippen MR) is 66.5 cm³/mol. The highest BCUT2D eigenvalue weighted by Crippen LogP contribution is 2.29. The van der Waals surface area contributed by atoms with Gasteiger partial charge in [-0.3, -0.25) is 10.1 Å². The first-order chi connectivity index (χ1) is 9.40. The summed E-state index contributed by atoms with van der Waals surface area (Å²) in [5.41, 5.74) is -0.430. The molecule has 1 aromatic rings. The molecule has 0 aliphatic carbocycles. The highest BCUT2D eigenvalue weighted by Gasteiger charge is 2.23. The molecule has 0 radical (unpaired) electrons. The van der Waals surface area contributed by atoms with Gasteiger partial charge in [0.25, 0.3) is 0 Å². The van der Waals surface area contributed by atoms with Crippen molar-refractivity contribution in [3.8, 4) is 5.75 Å². The first kappa shape index (κ1) is 15.4. The summed E-state index contributed by atoms with van der Waals surface area (Å²) in [5.74, 6) is -1.52. The van der Waals surface area contributed by atoms with Gasteiger partial charge < -0.3 is 14.2 Å². The lowest BCUT2D eigenvalue weighted by atomic mass is 10.2. The SMILES string of the molecule is COC(=O)c1ccc(O[C@H](C)C(=O)OC)c([N+](=O)[O-])c1. The molecular weight excluding hydrogens is 270 g/mol. The molecule has 0 aromatic heterocycles. The van der Waals surface area contributed by atoms with Crippen LogP contribution in [0.1, 0.15) is 17.3 Å². The average molecular weight is 283 g/mol. The van der Waals surface area contributed by atoms with E-state index in [2.05, 4.69) is 9.47 Å². The summed E-state index contributed by atoms with van der Waals surface area (Å²) in [6.07, 6.45) is -1.01. The van der Waals surface area contributed by atoms with E-state index in [0.29, 0.717) is 0 Å². The number of nitro benzene ring substituents is 1. The Morgan fingerprint density at radius 2 is 1.90 bits per heavy atom. The Kier molecular flexibility index (Phi) is 5.01. The van der Waals surface area contributed by atoms with Crippen molar-refractivity contribution >= 4 is 17.6 Å². The van der Waals surface area contributed by atoms with E-state index in [0.717, 1.165) is 13.2 Å². The van der Waals surface area contributed by atoms with Crippen LogP contribution in [0.15, 0.2) is 18.2 Å². The Bertz CT molecular complexity index is 541. The molecule has 0 spiro atoms. The van der Waals surface area contributed by atoms with Gasteiger partial charge in [0.15, 0.2) is 11.9 Å². The molecule has 0 aliphatic heterocycles. The number of benzene rings is 1. The van der Waals surface area contributed by atoms with Crippen molar-refractivity contribution in [3.63, 3.8) is 0 Å². The number of hydrogen-bond acceptors (Lipinski definition) is 7. The van der Waals surface area contributed by atoms with Crippen LogP contribution in [0.4, 0.5) is 5.69 Å². The minimum Gasteiger partial charge on any atom is -0.472 e. The van der Waals surface area contributed by atoms with Crippen molar-refractivity contribution in [2.24, 2.45) is 0 Å². The zero-order valence-corrected chi connectivity index (χ0v) is 11.1. The standard InChI is InChI=1S/C12H13NO7/c1-7(11(14)18-2)20-10-5-4-8(12(15)19-3)6-9(10)13(16)17/h4-7H,1-3H3/t7-/m1/s1. The van der Waals surface area contributed by atoms with Crippen LogP contribution in [0.3, 0.4) is 0 Å². The minimum absolute atomic E-state index is 0.0114. The van der Waals surface area contributed by atoms with Crippen molar-refractivity contribution in [3.05, 3.63) is 33.9 Å². The molecule has 0 fully saturated rings. The smallest absolute Gasteiger partial charge is 0.346 e. The first-order valence-corrected chi connectivity index (χ1v) is 5.52. The third kappa shape index (κ3) is 3.44. The Morgan fingerprint density at radius 1 is 1.25 bits per heavy atom. The molecule has 0 aliphatic rings. The Morgan fingerprint density at radius 3 is 2.40 bits per heavy atom. The Labute approximate surface area is 114 Å². The van der Waals surface area contributed by atoms with Crippen molar-refractivity contribution in [2.75, 3.05) is 14.2 Å². The predicted octanol–water partition coefficient (Wildman–Crippen LogP) is 1.32. The van der Waals surface area contributed by atoms with Crippen LogP contribution in [-0.4, -0.2) is 37.2 Å². The van der Waals surface area contributed by atoms with Crippen molar-refractivity contribution < 1.29 is 28.7 Å². The summed E-state index contributed by atoms with van der Waals surface area (Å²) in [4.78, 5) is 32.8. The second-order valence-corrected chi connectivity index (χ2v) is 3.71. The second-order valence-electron chi connectivity index (χ2n) is 3.71. The normalized spacial score (nSPS) is 11.3. The largest absolute Gasteiger partial charge is 0.472 e. The second kappa shape index (κ2) is 6.50. The molecule has 1 atom stereocenters. The van der Waals surface area contributed by atoms with E-state index in [4.69, 9.17) is 4.74 Å². The maximum atomic E-state index is 11.3. The summed E-state index contributed by atoms with van der Waals surface area (Å²) in [5, 5.41) is 11.0. The first-order valence-electron chi connectivity index (χ1n) is 5.52. The van der Waals surface area contributed by atoms with Crippen LogP contribution in [0.5, 0.6) is 5.75 Å². The Hall–Kier alpha value is -2.64. The van der Waals surface area contributed by atoms with Crippen LogP contribution in [0.2, 0.25) is 0 Å². The van der Waals surface area contributed by atoms with E-state index in [1.165, 1.54) is 26.2 Å². The highest BCUT2D eigenvalue weighted by molar-refractivity contribution is 5.90. The lowest BCUT2D eigenvalue weighted by molar-refractivity contribution is -0.386. The lowest BCUT2D eigenvalue weighted by Crippen LogP contribution is -2.25. The molecule has 0 heterocycles. The van der Waals surface area contributed by atoms with Crippen LogP contribution < -0.4 is 4.74 Å². The number of carbonyl (C=O) groups excluding carboxylic acids is 2. The monoisotopic (exact) mass is 283 g/mol. The summed E-state index contributed by atoms with van der Waals surface area (Å²) < 4.78 is 14.1. The molecule has 1 rings (SSSR count). The van der Waals surface area contributed by atoms with Gasteiger partial charge in [-0.15, -0.1) is 0 Å². The molecule has 1 aromatic carbocycles. The highest BCUT2D eigenvalue weighted by atomic mass is 16.6. The van der Waals surface area contributed by atoms with Crippen LogP contribution in [-0.2, 0) is 14.3 Å². The third-order valence-corrected chi connectivity index (χ3v) is 2.41. The van der Waals surface area contributed by atoms with Gasteiger partial charge in [-0.25, -0.2) is 9.59 Å². The van der Waals surface area contributed by atoms with Gasteiger partial charge in [0.05, 0.1) is 24.7 Å². The number of methoxy groups -OCH3 is 2. The number of hydrogen-bond donors (Lipinski definition) is 0. The number of nitrogens with zero attached hydrogens (tertiary/aromatic N) is 1. The molecular formula is C12H13NO7. The average Bonchev–Trinajstić information content (AvgIpc) is 2.45. The van der Waals surface area contributed by atoms with Crippen LogP contribution in [0, 0.1) is 10.1 Å². The number of nitro groups is 1. The van der Waals surface area contributed by atoms with Gasteiger partial charge in [-0.2, -0.15) is 0 Å². The molecule has 20 heavy (non-hydrogen) atoms. The van der Waals surface area contributed by atoms with Gasteiger partial charge >= 0.3 is 17.6 Å². The van der Waals surface area contributed by atoms with E-state index < -0.39 is 28.7 Å². The van der Waals surface area contributed by atoms with E-state index in [9.17, 15) is 19.7 Å². The molecule has 0 bridgehead atoms. The number of ether oxygens (including phenoxy) is 3. The summed E-state index contributed by atoms with van der Waals surface area (Å²) >= 11 is 0. The summed E-state index contributed by atoms with van der Waals surface area (Å²) in [6, 6.07) is 3.55. The Balaban J connectivity index is 3.11. The van der Waals surface area contributed by atoms with Gasteiger partial charge in [0.1, 0.15) is 0 Å². The van der Waals surface area contributed by atoms with E-state index in [1.54, 1.807) is 0 Å². The van der Waals surface area contributed by atoms with Crippen molar-refractivity contribution in [1.29, 1.82) is 0 Å². The number of rotatable bonds is 5. The van der Waals surface area contributed by atoms with Gasteiger partial charge in [-0.1, -0.05) is 0 Å². The van der Waals surface area contributed by atoms with Gasteiger partial charge in [-0.05, 0) is 19.1 Å². The molecule has 0 saturated heterocycles. The van der Waals surface area contributed by atoms with E-state index >= 15 is 0 Å². The topological polar surface area (TPSA) is 105 Å². The number of esters is 2. The fourth-order valence-corrected chi connectivity index (χ4v) is 1.41. The zero-order chi connectivity index (χ0) is 15.3. The molecule has 0 N–H and O–H groups in total. The maximum Gasteiger partial charge on any atom is 0.346 e. The number of carbonyl (C=O) groups is 2. The van der Waals surface area contributed by atoms with E-state index in [-0.39, 0.29) is 11.3 Å². The molecule has 0 unspecified atom stereocenters. The van der Waals surface area contributed by atoms with Crippen LogP contribution >= 0.6 is 0 Å². The molecule has 0 saturated carbocycles. The quantitative estimate of drug-likeness (QED) is 0.456. The summed E-state index contributed by atoms with van der Waals surface area (Å²) in [7, 11) is 2.34. The van der Waals surface area contributed by atoms with Crippen LogP contribution in [0.25, 0.3) is 0 Å². The van der Waals surface area contributed by atoms with Gasteiger partial charge in [0, 0.05) is 6.07 Å². The lowest BCUT2D eigenvalue weighted by Gasteiger charge is -2.12.